The van der Waals surface area contributed by atoms with Crippen LogP contribution in [0.2, 0.25) is 5.02 Å². The summed E-state index contributed by atoms with van der Waals surface area (Å²) in [6, 6.07) is 8.34. The van der Waals surface area contributed by atoms with E-state index in [1.807, 2.05) is 12.1 Å². The van der Waals surface area contributed by atoms with E-state index in [-0.39, 0.29) is 5.54 Å². The van der Waals surface area contributed by atoms with Crippen LogP contribution < -0.4 is 5.32 Å². The topological polar surface area (TPSA) is 12.0 Å². The fourth-order valence-corrected chi connectivity index (χ4v) is 3.61. The van der Waals surface area contributed by atoms with E-state index in [9.17, 15) is 0 Å². The van der Waals surface area contributed by atoms with E-state index < -0.39 is 0 Å². The summed E-state index contributed by atoms with van der Waals surface area (Å²) in [7, 11) is 0. The minimum Gasteiger partial charge on any atom is -0.312 e. The van der Waals surface area contributed by atoms with Crippen LogP contribution in [0, 0.1) is 11.8 Å². The first-order chi connectivity index (χ1) is 9.96. The van der Waals surface area contributed by atoms with Crippen LogP contribution in [-0.2, 0) is 6.42 Å². The van der Waals surface area contributed by atoms with Gasteiger partial charge in [-0.1, -0.05) is 61.9 Å². The first kappa shape index (κ1) is 16.8. The van der Waals surface area contributed by atoms with Gasteiger partial charge >= 0.3 is 0 Å². The normalized spacial score (nSPS) is 18.7. The largest absolute Gasteiger partial charge is 0.312 e. The van der Waals surface area contributed by atoms with E-state index >= 15 is 0 Å². The molecule has 1 aromatic carbocycles. The predicted octanol–water partition coefficient (Wildman–Crippen LogP) is 5.47. The molecule has 1 fully saturated rings. The maximum absolute atomic E-state index is 6.38. The van der Waals surface area contributed by atoms with Crippen LogP contribution in [0.25, 0.3) is 0 Å². The maximum atomic E-state index is 6.38. The van der Waals surface area contributed by atoms with Crippen LogP contribution >= 0.6 is 11.6 Å². The highest BCUT2D eigenvalue weighted by molar-refractivity contribution is 6.31. The van der Waals surface area contributed by atoms with E-state index in [4.69, 9.17) is 11.6 Å². The van der Waals surface area contributed by atoms with Gasteiger partial charge in [0.1, 0.15) is 0 Å². The van der Waals surface area contributed by atoms with Gasteiger partial charge < -0.3 is 5.32 Å². The van der Waals surface area contributed by atoms with Gasteiger partial charge in [-0.3, -0.25) is 0 Å². The minimum absolute atomic E-state index is 0.188. The number of hydrogen-bond acceptors (Lipinski definition) is 1. The molecular formula is C19H30ClN. The molecule has 0 aliphatic heterocycles. The van der Waals surface area contributed by atoms with Crippen LogP contribution in [-0.4, -0.2) is 12.1 Å². The molecule has 0 aromatic heterocycles. The van der Waals surface area contributed by atoms with E-state index in [1.54, 1.807) is 0 Å². The van der Waals surface area contributed by atoms with Crippen LogP contribution in [0.1, 0.15) is 58.4 Å². The lowest BCUT2D eigenvalue weighted by molar-refractivity contribution is 0.225. The highest BCUT2D eigenvalue weighted by Gasteiger charge is 2.25. The smallest absolute Gasteiger partial charge is 0.0438 e. The molecule has 1 saturated carbocycles. The van der Waals surface area contributed by atoms with Crippen molar-refractivity contribution < 1.29 is 0 Å². The monoisotopic (exact) mass is 307 g/mol. The van der Waals surface area contributed by atoms with Gasteiger partial charge in [-0.05, 0) is 57.2 Å². The van der Waals surface area contributed by atoms with Gasteiger partial charge in [0.2, 0.25) is 0 Å². The Balaban J connectivity index is 2.05. The lowest BCUT2D eigenvalue weighted by Gasteiger charge is -2.33. The molecular weight excluding hydrogens is 278 g/mol. The Labute approximate surface area is 135 Å². The van der Waals surface area contributed by atoms with Crippen LogP contribution in [0.15, 0.2) is 24.3 Å². The van der Waals surface area contributed by atoms with Gasteiger partial charge in [-0.15, -0.1) is 0 Å². The minimum atomic E-state index is 0.188. The molecule has 1 aliphatic rings. The van der Waals surface area contributed by atoms with Gasteiger partial charge in [0.15, 0.2) is 0 Å². The second kappa shape index (κ2) is 7.65. The molecule has 0 spiro atoms. The molecule has 0 heterocycles. The molecule has 2 heteroatoms. The average molecular weight is 308 g/mol. The Hall–Kier alpha value is -0.530. The van der Waals surface area contributed by atoms with Gasteiger partial charge in [0, 0.05) is 10.6 Å². The molecule has 21 heavy (non-hydrogen) atoms. The molecule has 1 N–H and O–H groups in total. The summed E-state index contributed by atoms with van der Waals surface area (Å²) in [5.74, 6) is 1.55. The Kier molecular flexibility index (Phi) is 6.13. The summed E-state index contributed by atoms with van der Waals surface area (Å²) in [5.41, 5.74) is 1.50. The highest BCUT2D eigenvalue weighted by atomic mass is 35.5. The highest BCUT2D eigenvalue weighted by Crippen LogP contribution is 2.33. The van der Waals surface area contributed by atoms with Crippen molar-refractivity contribution in [2.45, 2.75) is 64.8 Å². The number of hydrogen-bond donors (Lipinski definition) is 1. The predicted molar refractivity (Wildman–Crippen MR) is 93.0 cm³/mol. The van der Waals surface area contributed by atoms with E-state index in [0.29, 0.717) is 5.92 Å². The van der Waals surface area contributed by atoms with Gasteiger partial charge in [0.05, 0.1) is 0 Å². The number of halogens is 1. The summed E-state index contributed by atoms with van der Waals surface area (Å²) in [5, 5.41) is 4.64. The van der Waals surface area contributed by atoms with Crippen molar-refractivity contribution in [1.82, 2.24) is 5.32 Å². The summed E-state index contributed by atoms with van der Waals surface area (Å²) < 4.78 is 0. The lowest BCUT2D eigenvalue weighted by Crippen LogP contribution is -2.41. The molecule has 2 rings (SSSR count). The van der Waals surface area contributed by atoms with Crippen molar-refractivity contribution in [2.24, 2.45) is 11.8 Å². The average Bonchev–Trinajstić information content (AvgIpc) is 2.45. The number of rotatable bonds is 5. The summed E-state index contributed by atoms with van der Waals surface area (Å²) in [6.07, 6.45) is 8.11. The molecule has 0 bridgehead atoms. The van der Waals surface area contributed by atoms with Crippen LogP contribution in [0.4, 0.5) is 0 Å². The van der Waals surface area contributed by atoms with Crippen molar-refractivity contribution in [3.05, 3.63) is 34.9 Å². The SMILES string of the molecule is CC(C)(C)NCC(Cc1ccccc1Cl)C1CCCCC1. The fourth-order valence-electron chi connectivity index (χ4n) is 3.39. The van der Waals surface area contributed by atoms with Gasteiger partial charge in [-0.25, -0.2) is 0 Å². The fraction of sp³-hybridized carbons (Fsp3) is 0.684. The first-order valence-electron chi connectivity index (χ1n) is 8.44. The number of benzene rings is 1. The quantitative estimate of drug-likeness (QED) is 0.761. The van der Waals surface area contributed by atoms with Crippen molar-refractivity contribution in [1.29, 1.82) is 0 Å². The zero-order chi connectivity index (χ0) is 15.3. The molecule has 0 saturated heterocycles. The van der Waals surface area contributed by atoms with Crippen molar-refractivity contribution in [2.75, 3.05) is 6.54 Å². The first-order valence-corrected chi connectivity index (χ1v) is 8.82. The second-order valence-corrected chi connectivity index (χ2v) is 7.99. The van der Waals surface area contributed by atoms with Crippen LogP contribution in [0.5, 0.6) is 0 Å². The summed E-state index contributed by atoms with van der Waals surface area (Å²) >= 11 is 6.38. The van der Waals surface area contributed by atoms with Gasteiger partial charge in [0.25, 0.3) is 0 Å². The van der Waals surface area contributed by atoms with E-state index in [0.717, 1.165) is 23.9 Å². The van der Waals surface area contributed by atoms with Crippen molar-refractivity contribution >= 4 is 11.6 Å². The summed E-state index contributed by atoms with van der Waals surface area (Å²) in [4.78, 5) is 0. The zero-order valence-electron chi connectivity index (χ0n) is 13.8. The molecule has 1 unspecified atom stereocenters. The Morgan fingerprint density at radius 3 is 2.43 bits per heavy atom. The molecule has 1 nitrogen and oxygen atoms in total. The Bertz CT molecular complexity index is 429. The van der Waals surface area contributed by atoms with E-state index in [2.05, 4.69) is 38.2 Å². The van der Waals surface area contributed by atoms with Gasteiger partial charge in [-0.2, -0.15) is 0 Å². The van der Waals surface area contributed by atoms with Crippen LogP contribution in [0.3, 0.4) is 0 Å². The Morgan fingerprint density at radius 1 is 1.14 bits per heavy atom. The standard InChI is InChI=1S/C19H30ClN/c1-19(2,3)21-14-17(15-9-5-4-6-10-15)13-16-11-7-8-12-18(16)20/h7-8,11-12,15,17,21H,4-6,9-10,13-14H2,1-3H3. The molecule has 0 radical (unpaired) electrons. The number of nitrogens with one attached hydrogen (secondary N) is 1. The second-order valence-electron chi connectivity index (χ2n) is 7.58. The maximum Gasteiger partial charge on any atom is 0.0438 e. The molecule has 1 aliphatic carbocycles. The molecule has 1 aromatic rings. The lowest BCUT2D eigenvalue weighted by atomic mass is 9.77. The zero-order valence-corrected chi connectivity index (χ0v) is 14.5. The molecule has 0 amide bonds. The third-order valence-electron chi connectivity index (χ3n) is 4.65. The Morgan fingerprint density at radius 2 is 1.81 bits per heavy atom. The van der Waals surface area contributed by atoms with E-state index in [1.165, 1.54) is 37.7 Å². The third-order valence-corrected chi connectivity index (χ3v) is 5.02. The summed E-state index contributed by atoms with van der Waals surface area (Å²) in [6.45, 7) is 7.85. The third kappa shape index (κ3) is 5.64. The van der Waals surface area contributed by atoms with Crippen molar-refractivity contribution in [3.8, 4) is 0 Å². The van der Waals surface area contributed by atoms with Crippen molar-refractivity contribution in [3.63, 3.8) is 0 Å². The molecule has 1 atom stereocenters. The molecule has 118 valence electrons.